The molecule has 0 aromatic heterocycles. The topological polar surface area (TPSA) is 70.6 Å². The maximum Gasteiger partial charge on any atom is 0.315 e. The Labute approximate surface area is 142 Å². The summed E-state index contributed by atoms with van der Waals surface area (Å²) in [5.74, 6) is 0.847. The number of carbonyl (C=O) groups excluding carboxylic acids is 1. The maximum absolute atomic E-state index is 11.9. The molecule has 24 heavy (non-hydrogen) atoms. The Kier molecular flexibility index (Phi) is 7.11. The molecule has 0 saturated heterocycles. The molecule has 5 heteroatoms. The van der Waals surface area contributed by atoms with E-state index in [1.54, 1.807) is 0 Å². The normalized spacial score (nSPS) is 10.2. The lowest BCUT2D eigenvalue weighted by Crippen LogP contribution is -2.36. The first-order chi connectivity index (χ1) is 11.7. The number of nitrogens with one attached hydrogen (secondary N) is 2. The molecule has 2 rings (SSSR count). The third-order valence-electron chi connectivity index (χ3n) is 3.64. The Morgan fingerprint density at radius 3 is 2.62 bits per heavy atom. The molecule has 0 aliphatic rings. The summed E-state index contributed by atoms with van der Waals surface area (Å²) in [6.45, 7) is 3.49. The van der Waals surface area contributed by atoms with Crippen LogP contribution in [0.2, 0.25) is 0 Å². The van der Waals surface area contributed by atoms with Crippen LogP contribution >= 0.6 is 0 Å². The largest absolute Gasteiger partial charge is 0.494 e. The van der Waals surface area contributed by atoms with Crippen LogP contribution in [0.5, 0.6) is 5.75 Å². The maximum atomic E-state index is 11.9. The summed E-state index contributed by atoms with van der Waals surface area (Å²) in [5, 5.41) is 14.9. The minimum Gasteiger partial charge on any atom is -0.494 e. The van der Waals surface area contributed by atoms with Gasteiger partial charge in [-0.1, -0.05) is 36.4 Å². The Bertz CT molecular complexity index is 659. The van der Waals surface area contributed by atoms with Gasteiger partial charge in [-0.2, -0.15) is 0 Å². The molecule has 0 aliphatic heterocycles. The number of rotatable bonds is 8. The zero-order valence-corrected chi connectivity index (χ0v) is 13.9. The molecule has 2 aromatic carbocycles. The Morgan fingerprint density at radius 1 is 1.08 bits per heavy atom. The van der Waals surface area contributed by atoms with Crippen LogP contribution in [-0.2, 0) is 19.6 Å². The summed E-state index contributed by atoms with van der Waals surface area (Å²) in [4.78, 5) is 11.9. The second kappa shape index (κ2) is 9.57. The minimum absolute atomic E-state index is 0.0321. The molecule has 0 fully saturated rings. The molecule has 0 bridgehead atoms. The first-order valence-corrected chi connectivity index (χ1v) is 8.14. The van der Waals surface area contributed by atoms with E-state index in [4.69, 9.17) is 4.74 Å². The average molecular weight is 328 g/mol. The molecule has 0 spiro atoms. The molecule has 0 radical (unpaired) electrons. The van der Waals surface area contributed by atoms with Crippen LogP contribution in [0.1, 0.15) is 23.6 Å². The molecule has 0 aliphatic carbocycles. The van der Waals surface area contributed by atoms with E-state index in [-0.39, 0.29) is 12.6 Å². The van der Waals surface area contributed by atoms with Crippen molar-refractivity contribution in [1.29, 1.82) is 0 Å². The van der Waals surface area contributed by atoms with Gasteiger partial charge in [0.05, 0.1) is 13.2 Å². The van der Waals surface area contributed by atoms with Crippen molar-refractivity contribution in [2.75, 3.05) is 13.2 Å². The lowest BCUT2D eigenvalue weighted by Gasteiger charge is -2.10. The number of ether oxygens (including phenoxy) is 1. The fourth-order valence-corrected chi connectivity index (χ4v) is 2.40. The van der Waals surface area contributed by atoms with E-state index in [1.165, 1.54) is 0 Å². The van der Waals surface area contributed by atoms with Crippen LogP contribution in [0.3, 0.4) is 0 Å². The molecule has 0 atom stereocenters. The zero-order valence-electron chi connectivity index (χ0n) is 13.9. The molecular weight excluding hydrogens is 304 g/mol. The summed E-state index contributed by atoms with van der Waals surface area (Å²) in [6.07, 6.45) is 0.738. The smallest absolute Gasteiger partial charge is 0.315 e. The van der Waals surface area contributed by atoms with Crippen molar-refractivity contribution in [3.05, 3.63) is 65.2 Å². The number of amides is 2. The molecule has 2 amide bonds. The van der Waals surface area contributed by atoms with Crippen molar-refractivity contribution in [1.82, 2.24) is 10.6 Å². The lowest BCUT2D eigenvalue weighted by molar-refractivity contribution is 0.240. The monoisotopic (exact) mass is 328 g/mol. The lowest BCUT2D eigenvalue weighted by atomic mass is 10.1. The fraction of sp³-hybridized carbons (Fsp3) is 0.316. The molecule has 5 nitrogen and oxygen atoms in total. The number of urea groups is 1. The zero-order chi connectivity index (χ0) is 17.2. The number of aliphatic hydroxyl groups excluding tert-OH is 1. The van der Waals surface area contributed by atoms with E-state index >= 15 is 0 Å². The second-order valence-corrected chi connectivity index (χ2v) is 5.37. The van der Waals surface area contributed by atoms with E-state index in [2.05, 4.69) is 10.6 Å². The van der Waals surface area contributed by atoms with Gasteiger partial charge in [0, 0.05) is 13.1 Å². The third-order valence-corrected chi connectivity index (χ3v) is 3.64. The Morgan fingerprint density at radius 2 is 1.88 bits per heavy atom. The highest BCUT2D eigenvalue weighted by Gasteiger charge is 2.04. The molecule has 0 saturated carbocycles. The predicted molar refractivity (Wildman–Crippen MR) is 93.9 cm³/mol. The van der Waals surface area contributed by atoms with Crippen LogP contribution in [0.25, 0.3) is 0 Å². The van der Waals surface area contributed by atoms with Crippen molar-refractivity contribution < 1.29 is 14.6 Å². The second-order valence-electron chi connectivity index (χ2n) is 5.37. The Hall–Kier alpha value is -2.53. The molecule has 2 aromatic rings. The Balaban J connectivity index is 1.74. The molecule has 0 unspecified atom stereocenters. The third kappa shape index (κ3) is 5.59. The van der Waals surface area contributed by atoms with Crippen molar-refractivity contribution >= 4 is 6.03 Å². The molecule has 0 heterocycles. The summed E-state index contributed by atoms with van der Waals surface area (Å²) in [6, 6.07) is 15.2. The molecular formula is C19H24N2O3. The number of hydrogen-bond acceptors (Lipinski definition) is 3. The van der Waals surface area contributed by atoms with Crippen molar-refractivity contribution in [3.8, 4) is 5.75 Å². The fourth-order valence-electron chi connectivity index (χ4n) is 2.40. The summed E-state index contributed by atoms with van der Waals surface area (Å²) in [7, 11) is 0. The van der Waals surface area contributed by atoms with E-state index in [0.29, 0.717) is 19.7 Å². The predicted octanol–water partition coefficient (Wildman–Crippen LogP) is 2.62. The summed E-state index contributed by atoms with van der Waals surface area (Å²) >= 11 is 0. The molecule has 128 valence electrons. The van der Waals surface area contributed by atoms with Crippen molar-refractivity contribution in [3.63, 3.8) is 0 Å². The van der Waals surface area contributed by atoms with Crippen LogP contribution in [0.4, 0.5) is 4.79 Å². The van der Waals surface area contributed by atoms with E-state index in [1.807, 2.05) is 55.5 Å². The van der Waals surface area contributed by atoms with Gasteiger partial charge >= 0.3 is 6.03 Å². The standard InChI is InChI=1S/C19H24N2O3/c1-2-24-18-9-5-6-15(12-18)10-11-20-19(23)21-13-16-7-3-4-8-17(16)14-22/h3-9,12,22H,2,10-11,13-14H2,1H3,(H2,20,21,23). The van der Waals surface area contributed by atoms with Gasteiger partial charge in [0.1, 0.15) is 5.75 Å². The first kappa shape index (κ1) is 17.8. The van der Waals surface area contributed by atoms with E-state index in [0.717, 1.165) is 28.9 Å². The number of carbonyl (C=O) groups is 1. The van der Waals surface area contributed by atoms with Gasteiger partial charge in [0.2, 0.25) is 0 Å². The van der Waals surface area contributed by atoms with Gasteiger partial charge in [0.25, 0.3) is 0 Å². The van der Waals surface area contributed by atoms with Gasteiger partial charge in [-0.3, -0.25) is 0 Å². The number of aliphatic hydroxyl groups is 1. The SMILES string of the molecule is CCOc1cccc(CCNC(=O)NCc2ccccc2CO)c1. The van der Waals surface area contributed by atoms with Crippen molar-refractivity contribution in [2.45, 2.75) is 26.5 Å². The van der Waals surface area contributed by atoms with E-state index < -0.39 is 0 Å². The average Bonchev–Trinajstić information content (AvgIpc) is 2.61. The highest BCUT2D eigenvalue weighted by molar-refractivity contribution is 5.73. The van der Waals surface area contributed by atoms with Gasteiger partial charge < -0.3 is 20.5 Å². The summed E-state index contributed by atoms with van der Waals surface area (Å²) < 4.78 is 5.46. The van der Waals surface area contributed by atoms with Gasteiger partial charge in [-0.05, 0) is 42.2 Å². The van der Waals surface area contributed by atoms with Gasteiger partial charge in [-0.15, -0.1) is 0 Å². The quantitative estimate of drug-likeness (QED) is 0.697. The first-order valence-electron chi connectivity index (χ1n) is 8.14. The van der Waals surface area contributed by atoms with Gasteiger partial charge in [-0.25, -0.2) is 4.79 Å². The van der Waals surface area contributed by atoms with Crippen LogP contribution in [-0.4, -0.2) is 24.3 Å². The highest BCUT2D eigenvalue weighted by atomic mass is 16.5. The van der Waals surface area contributed by atoms with Gasteiger partial charge in [0.15, 0.2) is 0 Å². The number of benzene rings is 2. The highest BCUT2D eigenvalue weighted by Crippen LogP contribution is 2.13. The minimum atomic E-state index is -0.219. The summed E-state index contributed by atoms with van der Waals surface area (Å²) in [5.41, 5.74) is 2.86. The number of hydrogen-bond donors (Lipinski definition) is 3. The molecule has 3 N–H and O–H groups in total. The van der Waals surface area contributed by atoms with Crippen molar-refractivity contribution in [2.24, 2.45) is 0 Å². The van der Waals surface area contributed by atoms with Crippen LogP contribution in [0.15, 0.2) is 48.5 Å². The van der Waals surface area contributed by atoms with Crippen LogP contribution in [0, 0.1) is 0 Å². The van der Waals surface area contributed by atoms with E-state index in [9.17, 15) is 9.90 Å². The van der Waals surface area contributed by atoms with Crippen LogP contribution < -0.4 is 15.4 Å².